The van der Waals surface area contributed by atoms with Crippen molar-refractivity contribution in [3.05, 3.63) is 41.4 Å². The largest absolute Gasteiger partial charge is 0.481 e. The fourth-order valence-electron chi connectivity index (χ4n) is 2.07. The molecule has 0 spiro atoms. The van der Waals surface area contributed by atoms with Crippen molar-refractivity contribution in [2.24, 2.45) is 0 Å². The molecular formula is C16H17ClN2O5S2. The van der Waals surface area contributed by atoms with Crippen LogP contribution in [0, 0.1) is 0 Å². The first-order valence-electron chi connectivity index (χ1n) is 7.26. The van der Waals surface area contributed by atoms with Gasteiger partial charge in [0, 0.05) is 16.0 Å². The number of anilines is 1. The van der Waals surface area contributed by atoms with E-state index in [-0.39, 0.29) is 23.2 Å². The summed E-state index contributed by atoms with van der Waals surface area (Å²) in [5.74, 6) is -0.511. The van der Waals surface area contributed by atoms with Crippen LogP contribution in [-0.4, -0.2) is 45.5 Å². The van der Waals surface area contributed by atoms with E-state index >= 15 is 0 Å². The number of halogens is 1. The Morgan fingerprint density at radius 3 is 2.35 bits per heavy atom. The summed E-state index contributed by atoms with van der Waals surface area (Å²) in [6.07, 6.45) is 0.946. The quantitative estimate of drug-likeness (QED) is 0.641. The van der Waals surface area contributed by atoms with Gasteiger partial charge in [-0.25, -0.2) is 12.7 Å². The van der Waals surface area contributed by atoms with Crippen LogP contribution in [0.4, 0.5) is 5.69 Å². The van der Waals surface area contributed by atoms with Crippen molar-refractivity contribution >= 4 is 45.0 Å². The molecule has 0 aliphatic rings. The number of sulfonamides is 1. The average Bonchev–Trinajstić information content (AvgIpc) is 2.60. The van der Waals surface area contributed by atoms with Crippen LogP contribution >= 0.6 is 23.4 Å². The molecule has 1 amide bonds. The Balaban J connectivity index is 2.30. The van der Waals surface area contributed by atoms with Crippen LogP contribution in [-0.2, 0) is 14.8 Å². The molecule has 0 saturated heterocycles. The highest BCUT2D eigenvalue weighted by Gasteiger charge is 2.29. The zero-order chi connectivity index (χ0) is 19.3. The number of amides is 1. The SMILES string of the molecule is COc1ccc(N(C(=O)CSc2ccc(Cl)cc2)S(C)(=O)=O)c(OC)n1. The Hall–Kier alpha value is -1.97. The predicted molar refractivity (Wildman–Crippen MR) is 102 cm³/mol. The van der Waals surface area contributed by atoms with Crippen LogP contribution in [0.3, 0.4) is 0 Å². The number of carbonyl (C=O) groups is 1. The van der Waals surface area contributed by atoms with Gasteiger partial charge in [-0.15, -0.1) is 11.8 Å². The molecule has 140 valence electrons. The first-order chi connectivity index (χ1) is 12.3. The molecule has 0 aliphatic carbocycles. The third kappa shape index (κ3) is 5.03. The molecule has 0 unspecified atom stereocenters. The van der Waals surface area contributed by atoms with Crippen molar-refractivity contribution < 1.29 is 22.7 Å². The Kier molecular flexibility index (Phi) is 6.74. The fourth-order valence-corrected chi connectivity index (χ4v) is 3.95. The normalized spacial score (nSPS) is 11.1. The zero-order valence-corrected chi connectivity index (χ0v) is 16.7. The summed E-state index contributed by atoms with van der Waals surface area (Å²) in [6.45, 7) is 0. The Morgan fingerprint density at radius 2 is 1.81 bits per heavy atom. The summed E-state index contributed by atoms with van der Waals surface area (Å²) >= 11 is 7.03. The number of nitrogens with zero attached hydrogens (tertiary/aromatic N) is 2. The summed E-state index contributed by atoms with van der Waals surface area (Å²) in [6, 6.07) is 9.76. The number of thioether (sulfide) groups is 1. The van der Waals surface area contributed by atoms with Crippen LogP contribution in [0.2, 0.25) is 5.02 Å². The third-order valence-electron chi connectivity index (χ3n) is 3.17. The van der Waals surface area contributed by atoms with Crippen LogP contribution in [0.15, 0.2) is 41.3 Å². The van der Waals surface area contributed by atoms with Gasteiger partial charge in [0.05, 0.1) is 26.2 Å². The maximum Gasteiger partial charge on any atom is 0.251 e. The lowest BCUT2D eigenvalue weighted by atomic mass is 10.4. The minimum absolute atomic E-state index is 0.0255. The molecule has 26 heavy (non-hydrogen) atoms. The molecule has 7 nitrogen and oxygen atoms in total. The van der Waals surface area contributed by atoms with Crippen molar-refractivity contribution in [3.8, 4) is 11.8 Å². The standard InChI is InChI=1S/C16H17ClN2O5S2/c1-23-14-9-8-13(16(18-14)24-2)19(26(3,21)22)15(20)10-25-12-6-4-11(17)5-7-12/h4-9H,10H2,1-3H3. The van der Waals surface area contributed by atoms with E-state index in [1.165, 1.54) is 38.1 Å². The lowest BCUT2D eigenvalue weighted by Crippen LogP contribution is -2.37. The van der Waals surface area contributed by atoms with Crippen molar-refractivity contribution in [1.82, 2.24) is 4.98 Å². The molecule has 1 aromatic carbocycles. The van der Waals surface area contributed by atoms with Gasteiger partial charge in [0.2, 0.25) is 21.8 Å². The minimum Gasteiger partial charge on any atom is -0.481 e. The van der Waals surface area contributed by atoms with Gasteiger partial charge in [-0.3, -0.25) is 4.79 Å². The maximum atomic E-state index is 12.6. The molecule has 2 aromatic rings. The van der Waals surface area contributed by atoms with Crippen molar-refractivity contribution in [1.29, 1.82) is 0 Å². The van der Waals surface area contributed by atoms with E-state index in [1.807, 2.05) is 0 Å². The van der Waals surface area contributed by atoms with Crippen molar-refractivity contribution in [2.45, 2.75) is 4.90 Å². The first kappa shape index (κ1) is 20.3. The van der Waals surface area contributed by atoms with E-state index in [9.17, 15) is 13.2 Å². The van der Waals surface area contributed by atoms with Crippen LogP contribution in [0.5, 0.6) is 11.8 Å². The summed E-state index contributed by atoms with van der Waals surface area (Å²) < 4.78 is 35.2. The molecule has 2 rings (SSSR count). The molecule has 1 aromatic heterocycles. The third-order valence-corrected chi connectivity index (χ3v) is 5.48. The fraction of sp³-hybridized carbons (Fsp3) is 0.250. The predicted octanol–water partition coefficient (Wildman–Crippen LogP) is 2.84. The number of methoxy groups -OCH3 is 2. The molecule has 0 atom stereocenters. The highest BCUT2D eigenvalue weighted by molar-refractivity contribution is 8.00. The number of aromatic nitrogens is 1. The summed E-state index contributed by atoms with van der Waals surface area (Å²) in [5.41, 5.74) is 0.0255. The lowest BCUT2D eigenvalue weighted by molar-refractivity contribution is -0.115. The van der Waals surface area contributed by atoms with Gasteiger partial charge in [0.25, 0.3) is 5.91 Å². The number of benzene rings is 1. The average molecular weight is 417 g/mol. The monoisotopic (exact) mass is 416 g/mol. The van der Waals surface area contributed by atoms with Gasteiger partial charge in [-0.2, -0.15) is 4.98 Å². The van der Waals surface area contributed by atoms with Crippen LogP contribution < -0.4 is 13.8 Å². The van der Waals surface area contributed by atoms with E-state index in [0.717, 1.165) is 11.2 Å². The van der Waals surface area contributed by atoms with E-state index in [2.05, 4.69) is 4.98 Å². The van der Waals surface area contributed by atoms with E-state index in [1.54, 1.807) is 24.3 Å². The molecule has 10 heteroatoms. The number of pyridine rings is 1. The second-order valence-electron chi connectivity index (χ2n) is 5.05. The summed E-state index contributed by atoms with van der Waals surface area (Å²) in [4.78, 5) is 17.5. The topological polar surface area (TPSA) is 85.8 Å². The van der Waals surface area contributed by atoms with E-state index < -0.39 is 15.9 Å². The van der Waals surface area contributed by atoms with Crippen molar-refractivity contribution in [3.63, 3.8) is 0 Å². The molecular weight excluding hydrogens is 400 g/mol. The molecule has 0 radical (unpaired) electrons. The number of ether oxygens (including phenoxy) is 2. The summed E-state index contributed by atoms with van der Waals surface area (Å²) in [5, 5.41) is 0.576. The number of carbonyl (C=O) groups excluding carboxylic acids is 1. The Labute approximate surface area is 161 Å². The van der Waals surface area contributed by atoms with E-state index in [4.69, 9.17) is 21.1 Å². The highest BCUT2D eigenvalue weighted by atomic mass is 35.5. The van der Waals surface area contributed by atoms with Gasteiger partial charge in [0.15, 0.2) is 0 Å². The number of hydrogen-bond donors (Lipinski definition) is 0. The van der Waals surface area contributed by atoms with Gasteiger partial charge in [-0.1, -0.05) is 11.6 Å². The van der Waals surface area contributed by atoms with Gasteiger partial charge >= 0.3 is 0 Å². The van der Waals surface area contributed by atoms with Crippen LogP contribution in [0.25, 0.3) is 0 Å². The van der Waals surface area contributed by atoms with Gasteiger partial charge < -0.3 is 9.47 Å². The molecule has 0 bridgehead atoms. The van der Waals surface area contributed by atoms with Crippen molar-refractivity contribution in [2.75, 3.05) is 30.5 Å². The molecule has 0 N–H and O–H groups in total. The minimum atomic E-state index is -3.89. The van der Waals surface area contributed by atoms with Gasteiger partial charge in [0.1, 0.15) is 5.69 Å². The second-order valence-corrected chi connectivity index (χ2v) is 8.36. The Morgan fingerprint density at radius 1 is 1.15 bits per heavy atom. The smallest absolute Gasteiger partial charge is 0.251 e. The van der Waals surface area contributed by atoms with E-state index in [0.29, 0.717) is 9.33 Å². The number of hydrogen-bond acceptors (Lipinski definition) is 7. The van der Waals surface area contributed by atoms with Gasteiger partial charge in [-0.05, 0) is 30.3 Å². The highest BCUT2D eigenvalue weighted by Crippen LogP contribution is 2.31. The lowest BCUT2D eigenvalue weighted by Gasteiger charge is -2.22. The Bertz CT molecular complexity index is 888. The first-order valence-corrected chi connectivity index (χ1v) is 10.5. The molecule has 0 aliphatic heterocycles. The second kappa shape index (κ2) is 8.61. The van der Waals surface area contributed by atoms with Crippen LogP contribution in [0.1, 0.15) is 0 Å². The molecule has 0 fully saturated rings. The maximum absolute atomic E-state index is 12.6. The zero-order valence-electron chi connectivity index (χ0n) is 14.3. The summed E-state index contributed by atoms with van der Waals surface area (Å²) in [7, 11) is -1.14. The molecule has 0 saturated carbocycles. The molecule has 1 heterocycles. The number of rotatable bonds is 7.